The average molecular weight is 305 g/mol. The number of ether oxygens (including phenoxy) is 2. The van der Waals surface area contributed by atoms with Crippen LogP contribution in [0.3, 0.4) is 0 Å². The molecule has 1 aromatic rings. The maximum Gasteiger partial charge on any atom is 0.276 e. The SMILES string of the molecule is OC[C@H](O)[C@H]1OC(Cl)(c2ccccc2)OC[C@@H](O)[C@H]1O. The minimum absolute atomic E-state index is 0.270. The summed E-state index contributed by atoms with van der Waals surface area (Å²) in [5, 5.41) is 36.6. The molecule has 2 rings (SSSR count). The van der Waals surface area contributed by atoms with Crippen molar-refractivity contribution in [2.75, 3.05) is 13.2 Å². The molecule has 1 unspecified atom stereocenters. The van der Waals surface area contributed by atoms with E-state index in [0.717, 1.165) is 0 Å². The van der Waals surface area contributed by atoms with Crippen LogP contribution < -0.4 is 0 Å². The van der Waals surface area contributed by atoms with E-state index in [1.807, 2.05) is 0 Å². The zero-order chi connectivity index (χ0) is 14.8. The molecule has 5 atom stereocenters. The quantitative estimate of drug-likeness (QED) is 0.563. The second-order valence-corrected chi connectivity index (χ2v) is 5.10. The summed E-state index contributed by atoms with van der Waals surface area (Å²) in [7, 11) is 0. The average Bonchev–Trinajstić information content (AvgIpc) is 2.60. The molecular weight excluding hydrogens is 288 g/mol. The molecule has 0 aliphatic carbocycles. The monoisotopic (exact) mass is 304 g/mol. The Kier molecular flexibility index (Phi) is 4.98. The second-order valence-electron chi connectivity index (χ2n) is 4.60. The second kappa shape index (κ2) is 6.36. The van der Waals surface area contributed by atoms with Gasteiger partial charge >= 0.3 is 0 Å². The molecule has 4 N–H and O–H groups in total. The van der Waals surface area contributed by atoms with Gasteiger partial charge in [0, 0.05) is 5.56 Å². The lowest BCUT2D eigenvalue weighted by atomic mass is 10.0. The molecule has 1 aromatic carbocycles. The number of aliphatic hydroxyl groups excluding tert-OH is 4. The van der Waals surface area contributed by atoms with E-state index in [2.05, 4.69) is 0 Å². The van der Waals surface area contributed by atoms with Crippen LogP contribution in [0.15, 0.2) is 30.3 Å². The number of aliphatic hydroxyl groups is 4. The Morgan fingerprint density at radius 1 is 1.30 bits per heavy atom. The largest absolute Gasteiger partial charge is 0.394 e. The standard InChI is InChI=1S/C13H17ClO6/c14-13(8-4-2-1-3-5-8)19-7-10(17)11(18)12(20-13)9(16)6-15/h1-5,9-12,15-18H,6-7H2/t9-,10+,11+,12+,13?/m0/s1. The van der Waals surface area contributed by atoms with E-state index in [1.165, 1.54) is 0 Å². The van der Waals surface area contributed by atoms with Crippen molar-refractivity contribution < 1.29 is 29.9 Å². The molecule has 1 aliphatic heterocycles. The van der Waals surface area contributed by atoms with Crippen molar-refractivity contribution in [1.29, 1.82) is 0 Å². The van der Waals surface area contributed by atoms with Gasteiger partial charge in [0.25, 0.3) is 5.25 Å². The third-order valence-corrected chi connectivity index (χ3v) is 3.56. The number of benzene rings is 1. The molecule has 7 heteroatoms. The molecular formula is C13H17ClO6. The number of hydrogen-bond donors (Lipinski definition) is 4. The van der Waals surface area contributed by atoms with Crippen molar-refractivity contribution in [3.63, 3.8) is 0 Å². The van der Waals surface area contributed by atoms with Crippen molar-refractivity contribution in [2.24, 2.45) is 0 Å². The first kappa shape index (κ1) is 15.7. The van der Waals surface area contributed by atoms with Gasteiger partial charge in [-0.25, -0.2) is 0 Å². The van der Waals surface area contributed by atoms with Gasteiger partial charge in [-0.3, -0.25) is 0 Å². The first-order valence-electron chi connectivity index (χ1n) is 6.19. The van der Waals surface area contributed by atoms with Gasteiger partial charge in [-0.1, -0.05) is 41.9 Å². The van der Waals surface area contributed by atoms with E-state index in [0.29, 0.717) is 5.56 Å². The summed E-state index contributed by atoms with van der Waals surface area (Å²) in [6, 6.07) is 8.53. The lowest BCUT2D eigenvalue weighted by molar-refractivity contribution is -0.227. The Morgan fingerprint density at radius 3 is 2.55 bits per heavy atom. The minimum atomic E-state index is -1.75. The Bertz CT molecular complexity index is 430. The Labute approximate surface area is 121 Å². The van der Waals surface area contributed by atoms with Crippen LogP contribution in [0.1, 0.15) is 5.56 Å². The summed E-state index contributed by atoms with van der Waals surface area (Å²) in [6.45, 7) is -0.912. The molecule has 1 fully saturated rings. The molecule has 112 valence electrons. The highest BCUT2D eigenvalue weighted by molar-refractivity contribution is 6.22. The summed E-state index contributed by atoms with van der Waals surface area (Å²) in [5.41, 5.74) is 0.457. The van der Waals surface area contributed by atoms with Crippen molar-refractivity contribution in [1.82, 2.24) is 0 Å². The predicted octanol–water partition coefficient (Wildman–Crippen LogP) is -0.474. The maximum absolute atomic E-state index is 9.91. The molecule has 0 saturated carbocycles. The number of halogens is 1. The molecule has 0 spiro atoms. The zero-order valence-electron chi connectivity index (χ0n) is 10.6. The fraction of sp³-hybridized carbons (Fsp3) is 0.538. The van der Waals surface area contributed by atoms with Crippen LogP contribution in [0.4, 0.5) is 0 Å². The number of rotatable bonds is 3. The third kappa shape index (κ3) is 3.12. The normalized spacial score (nSPS) is 36.4. The van der Waals surface area contributed by atoms with E-state index < -0.39 is 36.3 Å². The number of hydrogen-bond acceptors (Lipinski definition) is 6. The van der Waals surface area contributed by atoms with Crippen LogP contribution in [0, 0.1) is 0 Å². The van der Waals surface area contributed by atoms with Crippen LogP contribution in [0.2, 0.25) is 0 Å². The van der Waals surface area contributed by atoms with Crippen LogP contribution in [0.5, 0.6) is 0 Å². The summed E-state index contributed by atoms with van der Waals surface area (Å²) in [5.74, 6) is 0. The van der Waals surface area contributed by atoms with Gasteiger partial charge in [-0.2, -0.15) is 0 Å². The third-order valence-electron chi connectivity index (χ3n) is 3.14. The lowest BCUT2D eigenvalue weighted by Crippen LogP contribution is -2.48. The van der Waals surface area contributed by atoms with Gasteiger partial charge < -0.3 is 29.9 Å². The van der Waals surface area contributed by atoms with Crippen molar-refractivity contribution >= 4 is 11.6 Å². The van der Waals surface area contributed by atoms with Crippen molar-refractivity contribution in [3.05, 3.63) is 35.9 Å². The smallest absolute Gasteiger partial charge is 0.276 e. The van der Waals surface area contributed by atoms with E-state index in [-0.39, 0.29) is 6.61 Å². The van der Waals surface area contributed by atoms with Crippen molar-refractivity contribution in [2.45, 2.75) is 29.7 Å². The molecule has 0 amide bonds. The minimum Gasteiger partial charge on any atom is -0.394 e. The fourth-order valence-electron chi connectivity index (χ4n) is 1.99. The van der Waals surface area contributed by atoms with E-state index in [4.69, 9.17) is 26.2 Å². The molecule has 1 heterocycles. The Hall–Kier alpha value is -0.730. The lowest BCUT2D eigenvalue weighted by Gasteiger charge is -2.32. The highest BCUT2D eigenvalue weighted by Crippen LogP contribution is 2.37. The summed E-state index contributed by atoms with van der Waals surface area (Å²) >= 11 is 6.27. The van der Waals surface area contributed by atoms with E-state index >= 15 is 0 Å². The maximum atomic E-state index is 9.91. The highest BCUT2D eigenvalue weighted by Gasteiger charge is 2.45. The Morgan fingerprint density at radius 2 is 1.95 bits per heavy atom. The molecule has 0 radical (unpaired) electrons. The highest BCUT2D eigenvalue weighted by atomic mass is 35.5. The van der Waals surface area contributed by atoms with Gasteiger partial charge in [0.15, 0.2) is 0 Å². The topological polar surface area (TPSA) is 99.4 Å². The van der Waals surface area contributed by atoms with Gasteiger partial charge in [0.2, 0.25) is 0 Å². The van der Waals surface area contributed by atoms with Gasteiger partial charge in [-0.15, -0.1) is 0 Å². The summed E-state index contributed by atoms with van der Waals surface area (Å²) in [4.78, 5) is 0. The first-order valence-corrected chi connectivity index (χ1v) is 6.57. The summed E-state index contributed by atoms with van der Waals surface area (Å²) < 4.78 is 10.8. The van der Waals surface area contributed by atoms with Crippen LogP contribution >= 0.6 is 11.6 Å². The molecule has 6 nitrogen and oxygen atoms in total. The van der Waals surface area contributed by atoms with Crippen LogP contribution in [0.25, 0.3) is 0 Å². The molecule has 0 aromatic heterocycles. The summed E-state index contributed by atoms with van der Waals surface area (Å²) in [6.07, 6.45) is -5.40. The first-order chi connectivity index (χ1) is 9.48. The molecule has 1 saturated heterocycles. The molecule has 20 heavy (non-hydrogen) atoms. The predicted molar refractivity (Wildman–Crippen MR) is 69.9 cm³/mol. The van der Waals surface area contributed by atoms with Gasteiger partial charge in [0.05, 0.1) is 13.2 Å². The molecule has 1 aliphatic rings. The fourth-order valence-corrected chi connectivity index (χ4v) is 2.28. The van der Waals surface area contributed by atoms with Gasteiger partial charge in [0.1, 0.15) is 24.4 Å². The van der Waals surface area contributed by atoms with E-state index in [9.17, 15) is 15.3 Å². The van der Waals surface area contributed by atoms with E-state index in [1.54, 1.807) is 30.3 Å². The van der Waals surface area contributed by atoms with Crippen molar-refractivity contribution in [3.8, 4) is 0 Å². The van der Waals surface area contributed by atoms with Crippen LogP contribution in [-0.4, -0.2) is 58.1 Å². The zero-order valence-corrected chi connectivity index (χ0v) is 11.3. The molecule has 0 bridgehead atoms. The number of alkyl halides is 1. The van der Waals surface area contributed by atoms with Gasteiger partial charge in [-0.05, 0) is 0 Å². The van der Waals surface area contributed by atoms with Crippen LogP contribution in [-0.2, 0) is 14.7 Å². The Balaban J connectivity index is 2.31.